The van der Waals surface area contributed by atoms with Gasteiger partial charge in [0.25, 0.3) is 5.91 Å². The second-order valence-corrected chi connectivity index (χ2v) is 10.9. The van der Waals surface area contributed by atoms with Gasteiger partial charge in [0.15, 0.2) is 0 Å². The fourth-order valence-corrected chi connectivity index (χ4v) is 5.26. The van der Waals surface area contributed by atoms with Crippen molar-refractivity contribution in [1.82, 2.24) is 9.62 Å². The summed E-state index contributed by atoms with van der Waals surface area (Å²) in [4.78, 5) is 23.6. The van der Waals surface area contributed by atoms with E-state index in [1.807, 2.05) is 30.3 Å². The van der Waals surface area contributed by atoms with Crippen LogP contribution in [-0.4, -0.2) is 55.6 Å². The molecule has 1 unspecified atom stereocenters. The number of amides is 1. The molecule has 0 aromatic heterocycles. The Morgan fingerprint density at radius 2 is 1.52 bits per heavy atom. The highest BCUT2D eigenvalue weighted by Gasteiger charge is 2.38. The largest absolute Gasteiger partial charge is 0.490 e. The third-order valence-corrected chi connectivity index (χ3v) is 7.48. The molecule has 0 spiro atoms. The number of nitrogens with zero attached hydrogens (tertiary/aromatic N) is 1. The number of carboxylic acid groups (broad SMARTS) is 1. The molecule has 0 saturated carbocycles. The second kappa shape index (κ2) is 13.4. The Kier molecular flexibility index (Phi) is 10.4. The fourth-order valence-electron chi connectivity index (χ4n) is 3.95. The Morgan fingerprint density at radius 3 is 2.10 bits per heavy atom. The summed E-state index contributed by atoms with van der Waals surface area (Å²) < 4.78 is 98.5. The molecular formula is C27H25F6N3O5S. The first-order valence-corrected chi connectivity index (χ1v) is 13.7. The molecule has 1 amide bonds. The number of nitrogens with one attached hydrogen (secondary N) is 2. The Labute approximate surface area is 237 Å². The van der Waals surface area contributed by atoms with E-state index >= 15 is 0 Å². The minimum absolute atomic E-state index is 0.0564. The highest BCUT2D eigenvalue weighted by molar-refractivity contribution is 7.89. The van der Waals surface area contributed by atoms with Crippen LogP contribution in [0.5, 0.6) is 0 Å². The second-order valence-electron chi connectivity index (χ2n) is 9.19. The standard InChI is InChI=1S/C25H24F3N3O3S.C2HF3O2/c26-25(27,28)20-9-11-21(12-10-20)29-24(32)19-7-4-8-23(15-19)35(33,34)30-22-13-14-31(17-22)16-18-5-2-1-3-6-18;3-2(4,5)1(6)7/h1-12,15,22,30H,13-14,16-17H2,(H,29,32);(H,6,7). The van der Waals surface area contributed by atoms with Crippen molar-refractivity contribution >= 4 is 27.6 Å². The van der Waals surface area contributed by atoms with Gasteiger partial charge in [-0.05, 0) is 54.4 Å². The Bertz CT molecular complexity index is 1480. The van der Waals surface area contributed by atoms with E-state index < -0.39 is 39.8 Å². The first-order valence-electron chi connectivity index (χ1n) is 12.2. The summed E-state index contributed by atoms with van der Waals surface area (Å²) in [5.74, 6) is -3.38. The Hall–Kier alpha value is -3.95. The lowest BCUT2D eigenvalue weighted by Crippen LogP contribution is -2.37. The van der Waals surface area contributed by atoms with Gasteiger partial charge in [-0.1, -0.05) is 36.4 Å². The van der Waals surface area contributed by atoms with Gasteiger partial charge in [0.1, 0.15) is 0 Å². The predicted molar refractivity (Wildman–Crippen MR) is 140 cm³/mol. The average Bonchev–Trinajstić information content (AvgIpc) is 3.34. The molecule has 1 atom stereocenters. The molecule has 3 aromatic carbocycles. The van der Waals surface area contributed by atoms with Crippen LogP contribution < -0.4 is 10.0 Å². The van der Waals surface area contributed by atoms with E-state index in [1.165, 1.54) is 24.3 Å². The topological polar surface area (TPSA) is 116 Å². The van der Waals surface area contributed by atoms with E-state index in [-0.39, 0.29) is 22.2 Å². The minimum atomic E-state index is -5.08. The number of halogens is 6. The smallest absolute Gasteiger partial charge is 0.475 e. The number of sulfonamides is 1. The zero-order valence-electron chi connectivity index (χ0n) is 21.6. The molecule has 0 radical (unpaired) electrons. The first-order chi connectivity index (χ1) is 19.5. The van der Waals surface area contributed by atoms with Gasteiger partial charge >= 0.3 is 18.3 Å². The number of hydrogen-bond donors (Lipinski definition) is 3. The number of hydrogen-bond acceptors (Lipinski definition) is 5. The van der Waals surface area contributed by atoms with Gasteiger partial charge in [-0.15, -0.1) is 0 Å². The number of carbonyl (C=O) groups is 2. The van der Waals surface area contributed by atoms with Gasteiger partial charge in [-0.25, -0.2) is 17.9 Å². The number of alkyl halides is 6. The van der Waals surface area contributed by atoms with Crippen molar-refractivity contribution in [2.75, 3.05) is 18.4 Å². The van der Waals surface area contributed by atoms with Crippen LogP contribution in [0.4, 0.5) is 32.0 Å². The molecule has 42 heavy (non-hydrogen) atoms. The number of anilines is 1. The van der Waals surface area contributed by atoms with Gasteiger partial charge < -0.3 is 10.4 Å². The van der Waals surface area contributed by atoms with Crippen LogP contribution in [-0.2, 0) is 27.5 Å². The lowest BCUT2D eigenvalue weighted by Gasteiger charge is -2.17. The summed E-state index contributed by atoms with van der Waals surface area (Å²) in [6, 6.07) is 19.2. The van der Waals surface area contributed by atoms with Gasteiger partial charge in [-0.2, -0.15) is 26.3 Å². The lowest BCUT2D eigenvalue weighted by molar-refractivity contribution is -0.192. The van der Waals surface area contributed by atoms with Crippen LogP contribution in [0, 0.1) is 0 Å². The van der Waals surface area contributed by atoms with Gasteiger partial charge in [-0.3, -0.25) is 9.69 Å². The normalized spacial score (nSPS) is 15.9. The third-order valence-electron chi connectivity index (χ3n) is 5.96. The van der Waals surface area contributed by atoms with Crippen LogP contribution >= 0.6 is 0 Å². The van der Waals surface area contributed by atoms with Crippen molar-refractivity contribution in [3.05, 3.63) is 95.6 Å². The van der Waals surface area contributed by atoms with Gasteiger partial charge in [0, 0.05) is 36.9 Å². The van der Waals surface area contributed by atoms with E-state index in [0.29, 0.717) is 13.0 Å². The number of carbonyl (C=O) groups excluding carboxylic acids is 1. The van der Waals surface area contributed by atoms with E-state index in [2.05, 4.69) is 14.9 Å². The molecule has 1 aliphatic rings. The first kappa shape index (κ1) is 32.6. The quantitative estimate of drug-likeness (QED) is 0.316. The van der Waals surface area contributed by atoms with Crippen molar-refractivity contribution in [3.63, 3.8) is 0 Å². The summed E-state index contributed by atoms with van der Waals surface area (Å²) in [6.07, 6.45) is -8.89. The summed E-state index contributed by atoms with van der Waals surface area (Å²) >= 11 is 0. The van der Waals surface area contributed by atoms with Crippen molar-refractivity contribution < 1.29 is 49.5 Å². The van der Waals surface area contributed by atoms with E-state index in [1.54, 1.807) is 0 Å². The molecule has 0 aliphatic carbocycles. The maximum Gasteiger partial charge on any atom is 0.490 e. The lowest BCUT2D eigenvalue weighted by atomic mass is 10.2. The maximum absolute atomic E-state index is 12.9. The zero-order valence-corrected chi connectivity index (χ0v) is 22.4. The average molecular weight is 618 g/mol. The predicted octanol–water partition coefficient (Wildman–Crippen LogP) is 5.14. The minimum Gasteiger partial charge on any atom is -0.475 e. The molecule has 1 fully saturated rings. The molecule has 3 N–H and O–H groups in total. The van der Waals surface area contributed by atoms with Crippen molar-refractivity contribution in [2.24, 2.45) is 0 Å². The van der Waals surface area contributed by atoms with Crippen molar-refractivity contribution in [2.45, 2.75) is 36.3 Å². The highest BCUT2D eigenvalue weighted by Crippen LogP contribution is 2.30. The van der Waals surface area contributed by atoms with E-state index in [4.69, 9.17) is 9.90 Å². The molecule has 226 valence electrons. The van der Waals surface area contributed by atoms with E-state index in [9.17, 15) is 39.6 Å². The number of rotatable bonds is 7. The number of benzene rings is 3. The summed E-state index contributed by atoms with van der Waals surface area (Å²) in [5, 5.41) is 9.61. The summed E-state index contributed by atoms with van der Waals surface area (Å²) in [5.41, 5.74) is 0.565. The van der Waals surface area contributed by atoms with Crippen LogP contribution in [0.3, 0.4) is 0 Å². The third kappa shape index (κ3) is 9.56. The molecular weight excluding hydrogens is 592 g/mol. The molecule has 8 nitrogen and oxygen atoms in total. The van der Waals surface area contributed by atoms with Crippen LogP contribution in [0.2, 0.25) is 0 Å². The Morgan fingerprint density at radius 1 is 0.905 bits per heavy atom. The van der Waals surface area contributed by atoms with Crippen molar-refractivity contribution in [1.29, 1.82) is 0 Å². The Balaban J connectivity index is 0.000000616. The van der Waals surface area contributed by atoms with Crippen molar-refractivity contribution in [3.8, 4) is 0 Å². The number of likely N-dealkylation sites (tertiary alicyclic amines) is 1. The highest BCUT2D eigenvalue weighted by atomic mass is 32.2. The molecule has 4 rings (SSSR count). The van der Waals surface area contributed by atoms with E-state index in [0.717, 1.165) is 42.9 Å². The SMILES string of the molecule is O=C(Nc1ccc(C(F)(F)F)cc1)c1cccc(S(=O)(=O)NC2CCN(Cc3ccccc3)C2)c1.O=C(O)C(F)(F)F. The maximum atomic E-state index is 12.9. The molecule has 1 heterocycles. The molecule has 1 aliphatic heterocycles. The number of carboxylic acids is 1. The monoisotopic (exact) mass is 617 g/mol. The summed E-state index contributed by atoms with van der Waals surface area (Å²) in [7, 11) is -3.87. The van der Waals surface area contributed by atoms with Crippen LogP contribution in [0.1, 0.15) is 27.9 Å². The summed E-state index contributed by atoms with van der Waals surface area (Å²) in [6.45, 7) is 2.07. The van der Waals surface area contributed by atoms with Crippen LogP contribution in [0.25, 0.3) is 0 Å². The molecule has 15 heteroatoms. The molecule has 3 aromatic rings. The molecule has 0 bridgehead atoms. The van der Waals surface area contributed by atoms with Gasteiger partial charge in [0.2, 0.25) is 10.0 Å². The number of aliphatic carboxylic acids is 1. The van der Waals surface area contributed by atoms with Crippen LogP contribution in [0.15, 0.2) is 83.8 Å². The fraction of sp³-hybridized carbons (Fsp3) is 0.259. The van der Waals surface area contributed by atoms with Gasteiger partial charge in [0.05, 0.1) is 10.5 Å². The molecule has 1 saturated heterocycles. The zero-order chi connectivity index (χ0) is 31.1.